The van der Waals surface area contributed by atoms with Crippen molar-refractivity contribution >= 4 is 40.1 Å². The topological polar surface area (TPSA) is 55.4 Å². The van der Waals surface area contributed by atoms with Crippen molar-refractivity contribution in [3.8, 4) is 0 Å². The molecule has 2 rings (SSSR count). The molecule has 0 N–H and O–H groups in total. The lowest BCUT2D eigenvalue weighted by Crippen LogP contribution is -2.60. The largest absolute Gasteiger partial charge is 0.537 e. The van der Waals surface area contributed by atoms with Crippen LogP contribution >= 0.6 is 0 Å². The minimum Gasteiger partial charge on any atom is -0.367 e. The molecule has 0 aliphatic rings. The van der Waals surface area contributed by atoms with Crippen molar-refractivity contribution in [1.29, 1.82) is 0 Å². The van der Waals surface area contributed by atoms with Crippen LogP contribution < -0.4 is 10.4 Å². The third kappa shape index (κ3) is 10.6. The van der Waals surface area contributed by atoms with Gasteiger partial charge in [0.25, 0.3) is 0 Å². The minimum atomic E-state index is -3.09. The van der Waals surface area contributed by atoms with Crippen LogP contribution in [0.5, 0.6) is 0 Å². The van der Waals surface area contributed by atoms with Crippen molar-refractivity contribution < 1.29 is 26.6 Å². The molecule has 6 nitrogen and oxygen atoms in total. The summed E-state index contributed by atoms with van der Waals surface area (Å²) in [5, 5.41) is 1.93. The van der Waals surface area contributed by atoms with Crippen LogP contribution in [-0.2, 0) is 26.6 Å². The van der Waals surface area contributed by atoms with Gasteiger partial charge in [0.05, 0.1) is 0 Å². The van der Waals surface area contributed by atoms with Crippen LogP contribution in [0.1, 0.15) is 94.2 Å². The van der Waals surface area contributed by atoms with Gasteiger partial charge in [-0.1, -0.05) is 60.7 Å². The summed E-state index contributed by atoms with van der Waals surface area (Å²) in [6, 6.07) is 16.6. The summed E-state index contributed by atoms with van der Waals surface area (Å²) in [7, 11) is -6.17. The first-order chi connectivity index (χ1) is 18.7. The summed E-state index contributed by atoms with van der Waals surface area (Å²) in [5.74, 6) is 0. The lowest BCUT2D eigenvalue weighted by atomic mass is 10.1. The monoisotopic (exact) mass is 588 g/mol. The van der Waals surface area contributed by atoms with E-state index >= 15 is 0 Å². The van der Waals surface area contributed by atoms with E-state index in [0.29, 0.717) is 0 Å². The predicted molar refractivity (Wildman–Crippen MR) is 170 cm³/mol. The molecule has 40 heavy (non-hydrogen) atoms. The van der Waals surface area contributed by atoms with Crippen molar-refractivity contribution in [2.24, 2.45) is 0 Å². The highest BCUT2D eigenvalue weighted by atomic mass is 28.4. The first kappa shape index (κ1) is 34.6. The first-order valence-electron chi connectivity index (χ1n) is 14.6. The zero-order valence-corrected chi connectivity index (χ0v) is 28.7. The van der Waals surface area contributed by atoms with Crippen LogP contribution in [0.15, 0.2) is 48.5 Å². The Kier molecular flexibility index (Phi) is 13.4. The fourth-order valence-electron chi connectivity index (χ4n) is 4.23. The van der Waals surface area contributed by atoms with E-state index in [4.69, 9.17) is 26.6 Å². The van der Waals surface area contributed by atoms with Crippen molar-refractivity contribution in [1.82, 2.24) is 0 Å². The molecule has 0 amide bonds. The van der Waals surface area contributed by atoms with E-state index in [1.165, 1.54) is 0 Å². The normalized spacial score (nSPS) is 13.3. The molecule has 0 fully saturated rings. The molecule has 0 saturated carbocycles. The highest BCUT2D eigenvalue weighted by molar-refractivity contribution is 6.76. The molecule has 0 radical (unpaired) electrons. The smallest absolute Gasteiger partial charge is 0.367 e. The zero-order chi connectivity index (χ0) is 30.1. The molecule has 0 aromatic heterocycles. The van der Waals surface area contributed by atoms with E-state index in [-0.39, 0.29) is 36.6 Å². The fraction of sp³-hybridized carbons (Fsp3) is 0.562. The zero-order valence-electron chi connectivity index (χ0n) is 26.7. The number of hydrogen-bond donors (Lipinski definition) is 0. The van der Waals surface area contributed by atoms with Crippen LogP contribution in [0.2, 0.25) is 0 Å². The fourth-order valence-corrected chi connectivity index (χ4v) is 10.2. The minimum absolute atomic E-state index is 0.0173. The maximum Gasteiger partial charge on any atom is 0.537 e. The summed E-state index contributed by atoms with van der Waals surface area (Å²) >= 11 is 0. The third-order valence-electron chi connectivity index (χ3n) is 5.34. The van der Waals surface area contributed by atoms with E-state index in [0.717, 1.165) is 21.5 Å². The molecule has 0 aliphatic carbocycles. The van der Waals surface area contributed by atoms with Gasteiger partial charge in [-0.15, -0.1) is 0 Å². The second-order valence-corrected chi connectivity index (χ2v) is 16.5. The second kappa shape index (κ2) is 15.6. The molecule has 224 valence electrons. The van der Waals surface area contributed by atoms with Gasteiger partial charge < -0.3 is 26.6 Å². The molecular weight excluding hydrogens is 537 g/mol. The Bertz CT molecular complexity index is 894. The molecule has 0 heterocycles. The van der Waals surface area contributed by atoms with Gasteiger partial charge in [-0.3, -0.25) is 0 Å². The first-order valence-corrected chi connectivity index (χ1v) is 18.1. The van der Waals surface area contributed by atoms with E-state index in [2.05, 4.69) is 60.7 Å². The molecule has 8 heteroatoms. The summed E-state index contributed by atoms with van der Waals surface area (Å²) in [4.78, 5) is 0. The van der Waals surface area contributed by atoms with Crippen LogP contribution in [0.4, 0.5) is 0 Å². The lowest BCUT2D eigenvalue weighted by Gasteiger charge is -2.34. The van der Waals surface area contributed by atoms with Gasteiger partial charge in [-0.05, 0) is 94.2 Å². The molecule has 0 aliphatic heterocycles. The Morgan fingerprint density at radius 3 is 0.750 bits per heavy atom. The highest BCUT2D eigenvalue weighted by Crippen LogP contribution is 2.21. The molecule has 2 aromatic carbocycles. The van der Waals surface area contributed by atoms with Gasteiger partial charge in [0.1, 0.15) is 0 Å². The predicted octanol–water partition coefficient (Wildman–Crippen LogP) is 6.70. The molecule has 2 aromatic rings. The van der Waals surface area contributed by atoms with E-state index in [1.807, 2.05) is 83.1 Å². The summed E-state index contributed by atoms with van der Waals surface area (Å²) in [6.45, 7) is 24.2. The SMILES string of the molecule is CC(C)O[Si](OC(C)C)(OC(C)C)c1ccc(C=Cc2ccc([Si](OC(C)C)(OC(C)C)OC(C)C)cc2)cc1. The molecular formula is C32H52O6Si2. The van der Waals surface area contributed by atoms with E-state index in [1.54, 1.807) is 0 Å². The average molecular weight is 589 g/mol. The average Bonchev–Trinajstić information content (AvgIpc) is 2.80. The van der Waals surface area contributed by atoms with Crippen LogP contribution in [0.3, 0.4) is 0 Å². The van der Waals surface area contributed by atoms with Gasteiger partial charge >= 0.3 is 17.6 Å². The van der Waals surface area contributed by atoms with Crippen LogP contribution in [0.25, 0.3) is 12.2 Å². The van der Waals surface area contributed by atoms with Crippen molar-refractivity contribution in [2.75, 3.05) is 0 Å². The van der Waals surface area contributed by atoms with Crippen molar-refractivity contribution in [3.05, 3.63) is 59.7 Å². The Balaban J connectivity index is 2.33. The van der Waals surface area contributed by atoms with E-state index < -0.39 is 17.6 Å². The molecule has 0 saturated heterocycles. The van der Waals surface area contributed by atoms with E-state index in [9.17, 15) is 0 Å². The van der Waals surface area contributed by atoms with Crippen molar-refractivity contribution in [2.45, 2.75) is 120 Å². The standard InChI is InChI=1S/C32H52O6Si2/c1-23(2)33-39(34-24(3)4,35-25(5)6)31-19-15-29(16-20-31)13-14-30-17-21-32(22-18-30)40(36-26(7)8,37-27(9)10)38-28(11)12/h13-28H,1-12H3. The molecule has 0 bridgehead atoms. The van der Waals surface area contributed by atoms with Gasteiger partial charge in [0, 0.05) is 47.0 Å². The molecule has 0 spiro atoms. The van der Waals surface area contributed by atoms with Crippen LogP contribution in [0, 0.1) is 0 Å². The number of rotatable bonds is 16. The Labute approximate surface area is 245 Å². The number of benzene rings is 2. The Morgan fingerprint density at radius 2 is 0.575 bits per heavy atom. The highest BCUT2D eigenvalue weighted by Gasteiger charge is 2.47. The molecule has 0 unspecified atom stereocenters. The van der Waals surface area contributed by atoms with Gasteiger partial charge in [-0.2, -0.15) is 0 Å². The van der Waals surface area contributed by atoms with Gasteiger partial charge in [-0.25, -0.2) is 0 Å². The molecule has 0 atom stereocenters. The maximum atomic E-state index is 6.37. The summed E-state index contributed by atoms with van der Waals surface area (Å²) in [6.07, 6.45) is 4.10. The van der Waals surface area contributed by atoms with Gasteiger partial charge in [0.15, 0.2) is 0 Å². The Morgan fingerprint density at radius 1 is 0.375 bits per heavy atom. The summed E-state index contributed by atoms with van der Waals surface area (Å²) in [5.41, 5.74) is 2.15. The summed E-state index contributed by atoms with van der Waals surface area (Å²) < 4.78 is 38.2. The lowest BCUT2D eigenvalue weighted by molar-refractivity contribution is 0.0142. The quantitative estimate of drug-likeness (QED) is 0.161. The maximum absolute atomic E-state index is 6.37. The van der Waals surface area contributed by atoms with Crippen LogP contribution in [-0.4, -0.2) is 54.2 Å². The second-order valence-electron chi connectivity index (χ2n) is 11.7. The third-order valence-corrected chi connectivity index (χ3v) is 12.1. The van der Waals surface area contributed by atoms with Gasteiger partial charge in [0.2, 0.25) is 0 Å². The van der Waals surface area contributed by atoms with Crippen molar-refractivity contribution in [3.63, 3.8) is 0 Å². The number of hydrogen-bond acceptors (Lipinski definition) is 6. The Hall–Kier alpha value is -1.63.